The fraction of sp³-hybridized carbons (Fsp3) is 0.737. The monoisotopic (exact) mass is 430 g/mol. The van der Waals surface area contributed by atoms with Crippen molar-refractivity contribution < 1.29 is 27.4 Å². The van der Waals surface area contributed by atoms with E-state index < -0.39 is 30.2 Å². The SMILES string of the molecule is CC1COCCN1c1cc(=O)n2c(n1)N(CC(=O)C1CCOC1)C(C(F)(F)F)CC2. The maximum atomic E-state index is 13.8. The van der Waals surface area contributed by atoms with Gasteiger partial charge in [0.05, 0.1) is 32.4 Å². The van der Waals surface area contributed by atoms with E-state index in [9.17, 15) is 22.8 Å². The van der Waals surface area contributed by atoms with Gasteiger partial charge in [-0.1, -0.05) is 0 Å². The second-order valence-electron chi connectivity index (χ2n) is 8.02. The van der Waals surface area contributed by atoms with E-state index in [1.165, 1.54) is 10.6 Å². The van der Waals surface area contributed by atoms with E-state index in [2.05, 4.69) is 4.98 Å². The zero-order chi connectivity index (χ0) is 21.5. The number of nitrogens with zero attached hydrogens (tertiary/aromatic N) is 4. The Balaban J connectivity index is 1.72. The number of carbonyl (C=O) groups is 1. The zero-order valence-electron chi connectivity index (χ0n) is 16.7. The number of alkyl halides is 3. The number of hydrogen-bond donors (Lipinski definition) is 0. The van der Waals surface area contributed by atoms with Gasteiger partial charge in [-0.25, -0.2) is 0 Å². The lowest BCUT2D eigenvalue weighted by atomic mass is 10.0. The summed E-state index contributed by atoms with van der Waals surface area (Å²) in [7, 11) is 0. The number of aromatic nitrogens is 2. The summed E-state index contributed by atoms with van der Waals surface area (Å²) in [4.78, 5) is 32.7. The van der Waals surface area contributed by atoms with Crippen LogP contribution in [0.4, 0.5) is 24.9 Å². The average molecular weight is 430 g/mol. The summed E-state index contributed by atoms with van der Waals surface area (Å²) >= 11 is 0. The standard InChI is InChI=1S/C19H25F3N4O4/c1-12-10-30-7-5-24(12)16-8-17(28)25-4-2-15(19(20,21)22)26(18(25)23-16)9-14(27)13-3-6-29-11-13/h8,12-13,15H,2-7,9-11H2,1H3. The maximum Gasteiger partial charge on any atom is 0.408 e. The number of fused-ring (bicyclic) bond motifs is 1. The van der Waals surface area contributed by atoms with Gasteiger partial charge >= 0.3 is 6.18 Å². The van der Waals surface area contributed by atoms with E-state index in [1.807, 2.05) is 11.8 Å². The fourth-order valence-electron chi connectivity index (χ4n) is 4.28. The summed E-state index contributed by atoms with van der Waals surface area (Å²) in [6, 6.07) is -0.584. The van der Waals surface area contributed by atoms with Crippen LogP contribution >= 0.6 is 0 Å². The van der Waals surface area contributed by atoms with Crippen LogP contribution in [0.5, 0.6) is 0 Å². The molecule has 2 fully saturated rings. The first-order chi connectivity index (χ1) is 14.3. The molecular weight excluding hydrogens is 405 g/mol. The van der Waals surface area contributed by atoms with Gasteiger partial charge < -0.3 is 19.3 Å². The van der Waals surface area contributed by atoms with Crippen LogP contribution in [0.25, 0.3) is 0 Å². The predicted molar refractivity (Wildman–Crippen MR) is 102 cm³/mol. The third-order valence-electron chi connectivity index (χ3n) is 5.98. The maximum absolute atomic E-state index is 13.8. The van der Waals surface area contributed by atoms with Crippen molar-refractivity contribution in [1.29, 1.82) is 0 Å². The first-order valence-electron chi connectivity index (χ1n) is 10.2. The Morgan fingerprint density at radius 3 is 2.63 bits per heavy atom. The van der Waals surface area contributed by atoms with E-state index >= 15 is 0 Å². The minimum absolute atomic E-state index is 0.0681. The number of morpholine rings is 1. The van der Waals surface area contributed by atoms with E-state index in [0.717, 1.165) is 4.90 Å². The first kappa shape index (κ1) is 21.1. The Hall–Kier alpha value is -2.14. The third-order valence-corrected chi connectivity index (χ3v) is 5.98. The normalized spacial score (nSPS) is 27.3. The summed E-state index contributed by atoms with van der Waals surface area (Å²) in [6.45, 7) is 3.36. The molecule has 30 heavy (non-hydrogen) atoms. The minimum atomic E-state index is -4.54. The molecule has 0 aromatic carbocycles. The van der Waals surface area contributed by atoms with Crippen molar-refractivity contribution in [1.82, 2.24) is 9.55 Å². The zero-order valence-corrected chi connectivity index (χ0v) is 16.7. The molecule has 4 heterocycles. The largest absolute Gasteiger partial charge is 0.408 e. The molecule has 166 valence electrons. The molecule has 3 aliphatic rings. The molecule has 11 heteroatoms. The summed E-state index contributed by atoms with van der Waals surface area (Å²) < 4.78 is 53.3. The Kier molecular flexibility index (Phi) is 5.75. The number of ketones is 1. The van der Waals surface area contributed by atoms with Crippen molar-refractivity contribution in [2.24, 2.45) is 5.92 Å². The smallest absolute Gasteiger partial charge is 0.381 e. The summed E-state index contributed by atoms with van der Waals surface area (Å²) in [5.41, 5.74) is -0.420. The van der Waals surface area contributed by atoms with Crippen LogP contribution in [0.3, 0.4) is 0 Å². The van der Waals surface area contributed by atoms with Gasteiger partial charge in [-0.3, -0.25) is 14.2 Å². The Morgan fingerprint density at radius 1 is 1.20 bits per heavy atom. The van der Waals surface area contributed by atoms with Crippen molar-refractivity contribution in [2.75, 3.05) is 49.3 Å². The lowest BCUT2D eigenvalue weighted by Crippen LogP contribution is -2.55. The van der Waals surface area contributed by atoms with Crippen LogP contribution in [0.2, 0.25) is 0 Å². The highest BCUT2D eigenvalue weighted by Crippen LogP contribution is 2.34. The number of anilines is 2. The van der Waals surface area contributed by atoms with E-state index in [1.54, 1.807) is 0 Å². The highest BCUT2D eigenvalue weighted by molar-refractivity contribution is 5.86. The first-order valence-corrected chi connectivity index (χ1v) is 10.2. The molecule has 0 N–H and O–H groups in total. The molecule has 1 aromatic heterocycles. The summed E-state index contributed by atoms with van der Waals surface area (Å²) in [5.74, 6) is -0.540. The number of hydrogen-bond acceptors (Lipinski definition) is 7. The van der Waals surface area contributed by atoms with Gasteiger partial charge in [0.25, 0.3) is 5.56 Å². The lowest BCUT2D eigenvalue weighted by Gasteiger charge is -2.40. The molecular formula is C19H25F3N4O4. The molecule has 1 aromatic rings. The van der Waals surface area contributed by atoms with Crippen LogP contribution in [0.15, 0.2) is 10.9 Å². The average Bonchev–Trinajstić information content (AvgIpc) is 3.23. The summed E-state index contributed by atoms with van der Waals surface area (Å²) in [6.07, 6.45) is -4.35. The third kappa shape index (κ3) is 4.04. The second-order valence-corrected chi connectivity index (χ2v) is 8.02. The van der Waals surface area contributed by atoms with E-state index in [4.69, 9.17) is 9.47 Å². The van der Waals surface area contributed by atoms with E-state index in [0.29, 0.717) is 38.6 Å². The van der Waals surface area contributed by atoms with Crippen LogP contribution < -0.4 is 15.4 Å². The van der Waals surface area contributed by atoms with Gasteiger partial charge in [-0.15, -0.1) is 0 Å². The van der Waals surface area contributed by atoms with Crippen molar-refractivity contribution >= 4 is 17.5 Å². The quantitative estimate of drug-likeness (QED) is 0.711. The topological polar surface area (TPSA) is 76.9 Å². The summed E-state index contributed by atoms with van der Waals surface area (Å²) in [5, 5.41) is 0. The number of carbonyl (C=O) groups excluding carboxylic acids is 1. The molecule has 8 nitrogen and oxygen atoms in total. The molecule has 0 spiro atoms. The van der Waals surface area contributed by atoms with Crippen molar-refractivity contribution in [3.63, 3.8) is 0 Å². The molecule has 2 saturated heterocycles. The lowest BCUT2D eigenvalue weighted by molar-refractivity contribution is -0.153. The van der Waals surface area contributed by atoms with Gasteiger partial charge in [0.15, 0.2) is 5.78 Å². The number of ether oxygens (including phenoxy) is 2. The molecule has 3 unspecified atom stereocenters. The predicted octanol–water partition coefficient (Wildman–Crippen LogP) is 1.21. The molecule has 0 amide bonds. The highest BCUT2D eigenvalue weighted by Gasteiger charge is 2.48. The molecule has 4 rings (SSSR count). The van der Waals surface area contributed by atoms with Crippen LogP contribution in [0, 0.1) is 5.92 Å². The molecule has 0 aliphatic carbocycles. The van der Waals surface area contributed by atoms with Gasteiger partial charge in [-0.05, 0) is 19.8 Å². The van der Waals surface area contributed by atoms with Gasteiger partial charge in [0, 0.05) is 31.7 Å². The van der Waals surface area contributed by atoms with Crippen molar-refractivity contribution in [3.8, 4) is 0 Å². The number of rotatable bonds is 4. The highest BCUT2D eigenvalue weighted by atomic mass is 19.4. The second kappa shape index (κ2) is 8.18. The van der Waals surface area contributed by atoms with Gasteiger partial charge in [0.2, 0.25) is 5.95 Å². The Morgan fingerprint density at radius 2 is 1.97 bits per heavy atom. The fourth-order valence-corrected chi connectivity index (χ4v) is 4.28. The molecule has 0 radical (unpaired) electrons. The van der Waals surface area contributed by atoms with Crippen LogP contribution in [-0.4, -0.2) is 73.1 Å². The Labute approximate surface area is 171 Å². The molecule has 3 aliphatic heterocycles. The Bertz CT molecular complexity index is 853. The van der Waals surface area contributed by atoms with Crippen molar-refractivity contribution in [3.05, 3.63) is 16.4 Å². The van der Waals surface area contributed by atoms with Gasteiger partial charge in [0.1, 0.15) is 11.9 Å². The molecule has 0 saturated carbocycles. The number of Topliss-reactive ketones (excluding diaryl/α,β-unsaturated/α-hetero) is 1. The van der Waals surface area contributed by atoms with Gasteiger partial charge in [-0.2, -0.15) is 18.2 Å². The number of halogens is 3. The van der Waals surface area contributed by atoms with Crippen molar-refractivity contribution in [2.45, 2.75) is 44.6 Å². The van der Waals surface area contributed by atoms with Crippen LogP contribution in [0.1, 0.15) is 19.8 Å². The van der Waals surface area contributed by atoms with Crippen LogP contribution in [-0.2, 0) is 20.8 Å². The molecule has 0 bridgehead atoms. The van der Waals surface area contributed by atoms with E-state index in [-0.39, 0.29) is 37.3 Å². The minimum Gasteiger partial charge on any atom is -0.381 e. The molecule has 3 atom stereocenters.